The van der Waals surface area contributed by atoms with Gasteiger partial charge < -0.3 is 20.7 Å². The van der Waals surface area contributed by atoms with E-state index in [1.165, 1.54) is 12.4 Å². The zero-order valence-electron chi connectivity index (χ0n) is 30.6. The van der Waals surface area contributed by atoms with E-state index in [-0.39, 0.29) is 24.1 Å². The van der Waals surface area contributed by atoms with Gasteiger partial charge in [0.25, 0.3) is 0 Å². The van der Waals surface area contributed by atoms with Crippen molar-refractivity contribution in [1.29, 1.82) is 0 Å². The molecule has 4 fully saturated rings. The predicted octanol–water partition coefficient (Wildman–Crippen LogP) is 5.21. The van der Waals surface area contributed by atoms with Gasteiger partial charge in [-0.25, -0.2) is 19.0 Å². The van der Waals surface area contributed by atoms with Gasteiger partial charge in [0.2, 0.25) is 11.8 Å². The minimum absolute atomic E-state index is 0.233. The highest BCUT2D eigenvalue weighted by atomic mass is 19.1. The molecule has 1 atom stereocenters. The van der Waals surface area contributed by atoms with Crippen LogP contribution in [0.1, 0.15) is 44.6 Å². The maximum absolute atomic E-state index is 15.0. The van der Waals surface area contributed by atoms with Crippen LogP contribution in [-0.2, 0) is 9.59 Å². The molecule has 1 aliphatic carbocycles. The highest BCUT2D eigenvalue weighted by molar-refractivity contribution is 6.01. The van der Waals surface area contributed by atoms with E-state index in [1.807, 2.05) is 60.7 Å². The lowest BCUT2D eigenvalue weighted by atomic mass is 9.89. The van der Waals surface area contributed by atoms with Gasteiger partial charge in [-0.15, -0.1) is 0 Å². The summed E-state index contributed by atoms with van der Waals surface area (Å²) >= 11 is 0. The fourth-order valence-corrected chi connectivity index (χ4v) is 8.63. The number of hydrogen-bond donors (Lipinski definition) is 3. The van der Waals surface area contributed by atoms with Crippen LogP contribution in [0.3, 0.4) is 0 Å². The number of anilines is 3. The molecule has 0 bridgehead atoms. The maximum atomic E-state index is 15.0. The molecule has 4 N–H and O–H groups in total. The number of carbonyl (C=O) groups excluding carboxylic acids is 2. The van der Waals surface area contributed by atoms with E-state index in [1.54, 1.807) is 6.07 Å². The second kappa shape index (κ2) is 14.9. The van der Waals surface area contributed by atoms with Gasteiger partial charge in [0.05, 0.1) is 17.1 Å². The third kappa shape index (κ3) is 7.19. The van der Waals surface area contributed by atoms with Crippen molar-refractivity contribution < 1.29 is 18.7 Å². The Bertz CT molecular complexity index is 2180. The first kappa shape index (κ1) is 35.1. The number of nitrogen functional groups attached to an aromatic ring is 1. The monoisotopic (exact) mass is 744 g/mol. The number of para-hydroxylation sites is 1. The van der Waals surface area contributed by atoms with Crippen molar-refractivity contribution in [1.82, 2.24) is 34.9 Å². The molecular formula is C41H45FN10O3. The van der Waals surface area contributed by atoms with Gasteiger partial charge >= 0.3 is 0 Å². The summed E-state index contributed by atoms with van der Waals surface area (Å²) in [5.41, 5.74) is 10.1. The molecular weight excluding hydrogens is 700 g/mol. The maximum Gasteiger partial charge on any atom is 0.249 e. The Morgan fingerprint density at radius 2 is 1.49 bits per heavy atom. The average Bonchev–Trinajstić information content (AvgIpc) is 3.58. The number of carbonyl (C=O) groups is 2. The van der Waals surface area contributed by atoms with Gasteiger partial charge in [-0.05, 0) is 86.7 Å². The normalized spacial score (nSPS) is 22.7. The van der Waals surface area contributed by atoms with E-state index in [2.05, 4.69) is 40.0 Å². The molecule has 1 unspecified atom stereocenters. The summed E-state index contributed by atoms with van der Waals surface area (Å²) in [6, 6.07) is 23.4. The molecule has 3 saturated heterocycles. The number of nitrogens with zero attached hydrogens (tertiary/aromatic N) is 7. The first-order valence-corrected chi connectivity index (χ1v) is 19.3. The summed E-state index contributed by atoms with van der Waals surface area (Å²) in [5, 5.41) is 11.2. The second-order valence-electron chi connectivity index (χ2n) is 15.1. The van der Waals surface area contributed by atoms with Crippen molar-refractivity contribution in [3.05, 3.63) is 84.9 Å². The summed E-state index contributed by atoms with van der Waals surface area (Å²) in [6.45, 7) is 5.88. The first-order chi connectivity index (χ1) is 26.9. The molecule has 13 nitrogen and oxygen atoms in total. The molecule has 284 valence electrons. The zero-order chi connectivity index (χ0) is 37.5. The van der Waals surface area contributed by atoms with Crippen molar-refractivity contribution in [3.8, 4) is 22.8 Å². The third-order valence-electron chi connectivity index (χ3n) is 11.8. The number of benzene rings is 3. The van der Waals surface area contributed by atoms with Gasteiger partial charge in [0.1, 0.15) is 41.2 Å². The van der Waals surface area contributed by atoms with Crippen LogP contribution in [0.25, 0.3) is 22.3 Å². The summed E-state index contributed by atoms with van der Waals surface area (Å²) < 4.78 is 23.1. The van der Waals surface area contributed by atoms with E-state index in [0.717, 1.165) is 104 Å². The molecule has 14 heteroatoms. The molecule has 3 aromatic carbocycles. The van der Waals surface area contributed by atoms with Crippen LogP contribution in [0.15, 0.2) is 79.1 Å². The van der Waals surface area contributed by atoms with Gasteiger partial charge in [-0.1, -0.05) is 18.2 Å². The summed E-state index contributed by atoms with van der Waals surface area (Å²) in [5.74, 6) is 0.868. The number of hydrogen-bond acceptors (Lipinski definition) is 11. The number of nitrogens with one attached hydrogen (secondary N) is 2. The standard InChI is InChI=1S/C41H45FN10O3/c42-33-22-29(12-15-34(33)46-35-16-17-36(53)47-41(35)54)51-23-30(24-51)50-20-18-49(19-21-50)27-8-10-28(11-9-27)52-40-37(39(43)44-25-45-40)38(48-52)26-6-13-32(14-7-26)55-31-4-2-1-3-5-31/h1-7,12-15,22,25,27-28,30,35,46H,8-11,16-21,23-24H2,(H2,43,44,45)(H,47,53,54). The number of rotatable bonds is 9. The Hall–Kier alpha value is -5.60. The highest BCUT2D eigenvalue weighted by Crippen LogP contribution is 2.38. The minimum atomic E-state index is -0.614. The lowest BCUT2D eigenvalue weighted by Crippen LogP contribution is -2.64. The number of halogens is 1. The molecule has 5 heterocycles. The van der Waals surface area contributed by atoms with Crippen molar-refractivity contribution >= 4 is 40.0 Å². The Kier molecular flexibility index (Phi) is 9.52. The molecule has 55 heavy (non-hydrogen) atoms. The fraction of sp³-hybridized carbons (Fsp3) is 0.390. The zero-order valence-corrected chi connectivity index (χ0v) is 30.6. The lowest BCUT2D eigenvalue weighted by Gasteiger charge is -2.50. The molecule has 3 aliphatic heterocycles. The smallest absolute Gasteiger partial charge is 0.249 e. The van der Waals surface area contributed by atoms with E-state index in [0.29, 0.717) is 24.3 Å². The Morgan fingerprint density at radius 1 is 0.800 bits per heavy atom. The van der Waals surface area contributed by atoms with Crippen LogP contribution >= 0.6 is 0 Å². The second-order valence-corrected chi connectivity index (χ2v) is 15.1. The summed E-state index contributed by atoms with van der Waals surface area (Å²) in [6.07, 6.45) is 6.37. The molecule has 2 aromatic heterocycles. The van der Waals surface area contributed by atoms with Crippen molar-refractivity contribution in [2.75, 3.05) is 55.2 Å². The number of amides is 2. The van der Waals surface area contributed by atoms with Crippen LogP contribution in [0.2, 0.25) is 0 Å². The van der Waals surface area contributed by atoms with Crippen molar-refractivity contribution in [3.63, 3.8) is 0 Å². The molecule has 0 radical (unpaired) electrons. The van der Waals surface area contributed by atoms with Gasteiger partial charge in [-0.2, -0.15) is 5.10 Å². The minimum Gasteiger partial charge on any atom is -0.457 e. The molecule has 1 saturated carbocycles. The molecule has 9 rings (SSSR count). The average molecular weight is 745 g/mol. The number of fused-ring (bicyclic) bond motifs is 1. The van der Waals surface area contributed by atoms with Crippen LogP contribution < -0.4 is 26.0 Å². The number of ether oxygens (including phenoxy) is 1. The lowest BCUT2D eigenvalue weighted by molar-refractivity contribution is -0.133. The van der Waals surface area contributed by atoms with E-state index in [9.17, 15) is 9.59 Å². The van der Waals surface area contributed by atoms with E-state index >= 15 is 4.39 Å². The number of piperidine rings is 1. The molecule has 0 spiro atoms. The first-order valence-electron chi connectivity index (χ1n) is 19.3. The van der Waals surface area contributed by atoms with E-state index in [4.69, 9.17) is 15.6 Å². The molecule has 2 amide bonds. The quantitative estimate of drug-likeness (QED) is 0.171. The Labute approximate surface area is 318 Å². The van der Waals surface area contributed by atoms with Crippen molar-refractivity contribution in [2.24, 2.45) is 0 Å². The molecule has 4 aliphatic rings. The third-order valence-corrected chi connectivity index (χ3v) is 11.8. The van der Waals surface area contributed by atoms with Crippen LogP contribution in [0.5, 0.6) is 11.5 Å². The number of nitrogens with two attached hydrogens (primary N) is 1. The van der Waals surface area contributed by atoms with Gasteiger partial charge in [-0.3, -0.25) is 24.7 Å². The number of aromatic nitrogens is 4. The number of imide groups is 1. The van der Waals surface area contributed by atoms with Gasteiger partial charge in [0.15, 0.2) is 5.65 Å². The largest absolute Gasteiger partial charge is 0.457 e. The van der Waals surface area contributed by atoms with Crippen molar-refractivity contribution in [2.45, 2.75) is 62.7 Å². The highest BCUT2D eigenvalue weighted by Gasteiger charge is 2.37. The molecule has 5 aromatic rings. The van der Waals surface area contributed by atoms with Crippen LogP contribution in [0, 0.1) is 5.82 Å². The summed E-state index contributed by atoms with van der Waals surface area (Å²) in [4.78, 5) is 40.0. The van der Waals surface area contributed by atoms with Crippen LogP contribution in [-0.4, -0.2) is 98.8 Å². The number of piperazine rings is 1. The van der Waals surface area contributed by atoms with Crippen LogP contribution in [0.4, 0.5) is 21.6 Å². The Balaban J connectivity index is 0.771. The Morgan fingerprint density at radius 3 is 2.20 bits per heavy atom. The fourth-order valence-electron chi connectivity index (χ4n) is 8.63. The SMILES string of the molecule is Nc1ncnc2c1c(-c1ccc(Oc3ccccc3)cc1)nn2C1CCC(N2CCN(C3CN(c4ccc(NC5CCC(=O)NC5=O)c(F)c4)C3)CC2)CC1. The predicted molar refractivity (Wildman–Crippen MR) is 208 cm³/mol. The van der Waals surface area contributed by atoms with Gasteiger partial charge in [0, 0.05) is 69.0 Å². The summed E-state index contributed by atoms with van der Waals surface area (Å²) in [7, 11) is 0. The topological polar surface area (TPSA) is 147 Å². The van der Waals surface area contributed by atoms with E-state index < -0.39 is 17.8 Å².